The van der Waals surface area contributed by atoms with Gasteiger partial charge in [-0.05, 0) is 0 Å². The predicted octanol–water partition coefficient (Wildman–Crippen LogP) is -11.9. The van der Waals surface area contributed by atoms with Crippen molar-refractivity contribution in [3.63, 3.8) is 0 Å². The molecule has 0 aliphatic rings. The number of hydrogen-bond donors (Lipinski definition) is 0. The molecule has 0 atom stereocenters. The van der Waals surface area contributed by atoms with Crippen LogP contribution in [0, 0.1) is 0 Å². The fourth-order valence-corrected chi connectivity index (χ4v) is 0. The van der Waals surface area contributed by atoms with E-state index in [9.17, 15) is 0 Å². The molecule has 0 N–H and O–H groups in total. The first-order valence-electron chi connectivity index (χ1n) is 0.730. The Bertz CT molecular complexity index is 60.7. The Kier molecular flexibility index (Phi) is 30.0. The summed E-state index contributed by atoms with van der Waals surface area (Å²) in [7, 11) is 3.33. The molecule has 0 fully saturated rings. The van der Waals surface area contributed by atoms with Crippen molar-refractivity contribution in [1.82, 2.24) is 0 Å². The molecule has 8 heavy (non-hydrogen) atoms. The molecule has 0 heterocycles. The third kappa shape index (κ3) is 54.4. The molecule has 0 aromatic heterocycles. The van der Waals surface area contributed by atoms with Gasteiger partial charge in [-0.1, -0.05) is 0 Å². The summed E-state index contributed by atoms with van der Waals surface area (Å²) in [6.07, 6.45) is 0. The van der Waals surface area contributed by atoms with E-state index in [1.807, 2.05) is 0 Å². The van der Waals surface area contributed by atoms with E-state index in [0.29, 0.717) is 0 Å². The Balaban J connectivity index is -0.0000000267. The molecule has 32 valence electrons. The maximum absolute atomic E-state index is 8.98. The van der Waals surface area contributed by atoms with Gasteiger partial charge in [0.15, 0.2) is 0 Å². The van der Waals surface area contributed by atoms with Gasteiger partial charge in [-0.25, -0.2) is 0 Å². The fraction of sp³-hybridized carbons (Fsp3) is 0. The SMILES string of the molecule is O=[As]([O-])([O-])[S-].[Na+].[Na+].[Na+]. The van der Waals surface area contributed by atoms with Crippen molar-refractivity contribution in [2.45, 2.75) is 0 Å². The molecule has 0 radical (unpaired) electrons. The minimum absolute atomic E-state index is 0. The van der Waals surface area contributed by atoms with Gasteiger partial charge in [0.05, 0.1) is 0 Å². The van der Waals surface area contributed by atoms with E-state index in [4.69, 9.17) is 11.9 Å². The molecule has 0 aromatic rings. The van der Waals surface area contributed by atoms with Gasteiger partial charge in [0, 0.05) is 0 Å². The average molecular weight is 224 g/mol. The van der Waals surface area contributed by atoms with Crippen LogP contribution in [0.3, 0.4) is 0 Å². The van der Waals surface area contributed by atoms with Crippen LogP contribution in [0.1, 0.15) is 0 Å². The summed E-state index contributed by atoms with van der Waals surface area (Å²) in [4.78, 5) is 0. The van der Waals surface area contributed by atoms with Crippen LogP contribution in [0.2, 0.25) is 0 Å². The topological polar surface area (TPSA) is 63.2 Å². The Morgan fingerprint density at radius 1 is 1.12 bits per heavy atom. The maximum Gasteiger partial charge on any atom is 1.00 e. The van der Waals surface area contributed by atoms with E-state index >= 15 is 0 Å². The molecule has 0 rings (SSSR count). The molecule has 0 unspecified atom stereocenters. The second-order valence-electron chi connectivity index (χ2n) is 0.447. The zero-order valence-electron chi connectivity index (χ0n) is 5.08. The van der Waals surface area contributed by atoms with Gasteiger partial charge in [0.25, 0.3) is 0 Å². The molecule has 0 saturated heterocycles. The van der Waals surface area contributed by atoms with Crippen LogP contribution in [-0.2, 0) is 14.6 Å². The van der Waals surface area contributed by atoms with E-state index in [0.717, 1.165) is 0 Å². The van der Waals surface area contributed by atoms with E-state index in [-0.39, 0.29) is 88.7 Å². The Hall–Kier alpha value is 3.63. The third-order valence-electron chi connectivity index (χ3n) is 0. The molecule has 3 nitrogen and oxygen atoms in total. The Morgan fingerprint density at radius 2 is 1.12 bits per heavy atom. The normalized spacial score (nSPS) is 7.38. The van der Waals surface area contributed by atoms with Crippen LogP contribution in [0.5, 0.6) is 0 Å². The molecule has 0 saturated carbocycles. The van der Waals surface area contributed by atoms with Crippen LogP contribution in [0.25, 0.3) is 0 Å². The van der Waals surface area contributed by atoms with Crippen molar-refractivity contribution in [3.8, 4) is 0 Å². The summed E-state index contributed by atoms with van der Waals surface area (Å²) in [5.41, 5.74) is 0. The van der Waals surface area contributed by atoms with Gasteiger partial charge in [0.1, 0.15) is 0 Å². The van der Waals surface area contributed by atoms with Crippen LogP contribution in [0.4, 0.5) is 0 Å². The molecule has 0 spiro atoms. The molecule has 0 aliphatic heterocycles. The van der Waals surface area contributed by atoms with Crippen molar-refractivity contribution in [3.05, 3.63) is 0 Å². The van der Waals surface area contributed by atoms with Gasteiger partial charge in [0.2, 0.25) is 0 Å². The number of rotatable bonds is 0. The second kappa shape index (κ2) is 10.6. The molecule has 0 amide bonds. The summed E-state index contributed by atoms with van der Waals surface area (Å²) >= 11 is -5.04. The van der Waals surface area contributed by atoms with Crippen LogP contribution >= 0.6 is 0 Å². The van der Waals surface area contributed by atoms with Crippen molar-refractivity contribution >= 4 is 23.9 Å². The van der Waals surface area contributed by atoms with Gasteiger partial charge in [-0.3, -0.25) is 0 Å². The minimum Gasteiger partial charge on any atom is 1.00 e. The molecule has 0 bridgehead atoms. The summed E-state index contributed by atoms with van der Waals surface area (Å²) in [6.45, 7) is 0. The molecule has 0 aliphatic carbocycles. The predicted molar refractivity (Wildman–Crippen MR) is 13.8 cm³/mol. The monoisotopic (exact) mass is 224 g/mol. The van der Waals surface area contributed by atoms with Crippen molar-refractivity contribution in [2.75, 3.05) is 0 Å². The first-order valence-corrected chi connectivity index (χ1v) is 5.69. The molecular formula is AsNa3O3S. The summed E-state index contributed by atoms with van der Waals surface area (Å²) in [5.74, 6) is 0. The van der Waals surface area contributed by atoms with Crippen molar-refractivity contribution in [2.24, 2.45) is 0 Å². The van der Waals surface area contributed by atoms with Gasteiger partial charge >= 0.3 is 125 Å². The van der Waals surface area contributed by atoms with E-state index in [1.54, 1.807) is 0 Å². The van der Waals surface area contributed by atoms with E-state index in [2.05, 4.69) is 10.9 Å². The Morgan fingerprint density at radius 3 is 1.12 bits per heavy atom. The van der Waals surface area contributed by atoms with Crippen molar-refractivity contribution in [1.29, 1.82) is 0 Å². The standard InChI is InChI=1S/AsH3O3S.3Na/c2-1(3,4)5;;;/h(H3,2,3,4,5);;;/q;3*+1/p-3. The van der Waals surface area contributed by atoms with Gasteiger partial charge in [-0.15, -0.1) is 0 Å². The van der Waals surface area contributed by atoms with E-state index in [1.165, 1.54) is 0 Å². The van der Waals surface area contributed by atoms with Gasteiger partial charge < -0.3 is 0 Å². The van der Waals surface area contributed by atoms with Gasteiger partial charge in [-0.2, -0.15) is 0 Å². The summed E-state index contributed by atoms with van der Waals surface area (Å²) in [5, 5.41) is 0. The second-order valence-corrected chi connectivity index (χ2v) is 4.65. The molecule has 8 heteroatoms. The fourth-order valence-electron chi connectivity index (χ4n) is 0. The molecule has 0 aromatic carbocycles. The summed E-state index contributed by atoms with van der Waals surface area (Å²) < 4.78 is 26.9. The van der Waals surface area contributed by atoms with Crippen molar-refractivity contribution < 1.29 is 101 Å². The third-order valence-corrected chi connectivity index (χ3v) is 0. The Labute approximate surface area is 122 Å². The quantitative estimate of drug-likeness (QED) is 0.303. The zero-order valence-corrected chi connectivity index (χ0v) is 13.8. The zero-order chi connectivity index (χ0) is 4.50. The maximum atomic E-state index is 8.98. The van der Waals surface area contributed by atoms with Crippen LogP contribution < -0.4 is 96.9 Å². The van der Waals surface area contributed by atoms with Crippen LogP contribution in [-0.4, -0.2) is 13.0 Å². The first kappa shape index (κ1) is 22.6. The number of hydrogen-bond acceptors (Lipinski definition) is 4. The van der Waals surface area contributed by atoms with Crippen LogP contribution in [0.15, 0.2) is 0 Å². The summed E-state index contributed by atoms with van der Waals surface area (Å²) in [6, 6.07) is 0. The first-order chi connectivity index (χ1) is 2.00. The van der Waals surface area contributed by atoms with E-state index < -0.39 is 13.0 Å². The molecular weight excluding hydrogens is 224 g/mol. The minimum atomic E-state index is -5.04. The smallest absolute Gasteiger partial charge is 1.00 e. The average Bonchev–Trinajstić information content (AvgIpc) is 0.722. The largest absolute Gasteiger partial charge is 1.00 e.